The second-order valence-corrected chi connectivity index (χ2v) is 4.44. The topological polar surface area (TPSA) is 91.3 Å². The van der Waals surface area contributed by atoms with Gasteiger partial charge in [0.25, 0.3) is 0 Å². The van der Waals surface area contributed by atoms with Gasteiger partial charge in [0, 0.05) is 12.7 Å². The Morgan fingerprint density at radius 1 is 1.19 bits per heavy atom. The highest BCUT2D eigenvalue weighted by molar-refractivity contribution is 5.98. The maximum Gasteiger partial charge on any atom is 0.356 e. The first-order chi connectivity index (χ1) is 10.1. The third kappa shape index (κ3) is 3.79. The van der Waals surface area contributed by atoms with Gasteiger partial charge in [-0.3, -0.25) is 0 Å². The van der Waals surface area contributed by atoms with Crippen LogP contribution in [0.25, 0.3) is 0 Å². The average molecular weight is 285 g/mol. The predicted octanol–water partition coefficient (Wildman–Crippen LogP) is 2.41. The van der Waals surface area contributed by atoms with Crippen molar-refractivity contribution in [3.63, 3.8) is 0 Å². The van der Waals surface area contributed by atoms with Gasteiger partial charge in [0.15, 0.2) is 5.69 Å². The largest absolute Gasteiger partial charge is 0.476 e. The van der Waals surface area contributed by atoms with Crippen molar-refractivity contribution in [2.24, 2.45) is 0 Å². The summed E-state index contributed by atoms with van der Waals surface area (Å²) in [4.78, 5) is 26.5. The van der Waals surface area contributed by atoms with Crippen LogP contribution in [0.4, 0.5) is 10.5 Å². The number of amides is 2. The highest BCUT2D eigenvalue weighted by Gasteiger charge is 2.13. The Balaban J connectivity index is 2.00. The number of anilines is 1. The van der Waals surface area contributed by atoms with Crippen molar-refractivity contribution in [3.05, 3.63) is 59.4 Å². The van der Waals surface area contributed by atoms with Gasteiger partial charge in [-0.25, -0.2) is 14.6 Å². The number of carbonyl (C=O) groups is 2. The van der Waals surface area contributed by atoms with Crippen molar-refractivity contribution in [1.82, 2.24) is 10.3 Å². The molecule has 0 bridgehead atoms. The van der Waals surface area contributed by atoms with E-state index in [0.717, 1.165) is 11.1 Å². The third-order valence-corrected chi connectivity index (χ3v) is 2.96. The van der Waals surface area contributed by atoms with E-state index in [0.29, 0.717) is 6.54 Å². The van der Waals surface area contributed by atoms with Crippen molar-refractivity contribution in [3.8, 4) is 0 Å². The van der Waals surface area contributed by atoms with E-state index < -0.39 is 12.0 Å². The van der Waals surface area contributed by atoms with Gasteiger partial charge in [-0.05, 0) is 30.2 Å². The summed E-state index contributed by atoms with van der Waals surface area (Å²) >= 11 is 0. The maximum absolute atomic E-state index is 11.8. The molecule has 0 aliphatic rings. The normalized spacial score (nSPS) is 9.95. The number of carboxylic acid groups (broad SMARTS) is 1. The lowest BCUT2D eigenvalue weighted by atomic mass is 10.1. The lowest BCUT2D eigenvalue weighted by Crippen LogP contribution is -2.29. The number of carbonyl (C=O) groups excluding carboxylic acids is 1. The number of nitrogens with zero attached hydrogens (tertiary/aromatic N) is 1. The third-order valence-electron chi connectivity index (χ3n) is 2.96. The van der Waals surface area contributed by atoms with E-state index in [4.69, 9.17) is 5.11 Å². The molecule has 1 aromatic carbocycles. The summed E-state index contributed by atoms with van der Waals surface area (Å²) < 4.78 is 0. The van der Waals surface area contributed by atoms with Crippen LogP contribution >= 0.6 is 0 Å². The Morgan fingerprint density at radius 3 is 2.67 bits per heavy atom. The lowest BCUT2D eigenvalue weighted by molar-refractivity contribution is 0.0691. The fourth-order valence-corrected chi connectivity index (χ4v) is 1.83. The van der Waals surface area contributed by atoms with E-state index in [1.54, 1.807) is 6.07 Å². The first-order valence-electron chi connectivity index (χ1n) is 6.35. The summed E-state index contributed by atoms with van der Waals surface area (Å²) in [5.74, 6) is -1.19. The number of pyridine rings is 1. The van der Waals surface area contributed by atoms with Crippen molar-refractivity contribution in [2.75, 3.05) is 5.32 Å². The molecule has 0 radical (unpaired) electrons. The molecule has 2 rings (SSSR count). The molecule has 0 unspecified atom stereocenters. The van der Waals surface area contributed by atoms with Gasteiger partial charge in [0.05, 0.1) is 5.69 Å². The Kier molecular flexibility index (Phi) is 4.50. The Labute approximate surface area is 121 Å². The van der Waals surface area contributed by atoms with Crippen molar-refractivity contribution in [2.45, 2.75) is 13.5 Å². The summed E-state index contributed by atoms with van der Waals surface area (Å²) in [6, 6.07) is 10.3. The van der Waals surface area contributed by atoms with Crippen LogP contribution in [-0.4, -0.2) is 22.1 Å². The van der Waals surface area contributed by atoms with Crippen LogP contribution in [0.1, 0.15) is 21.6 Å². The quantitative estimate of drug-likeness (QED) is 0.804. The van der Waals surface area contributed by atoms with E-state index in [2.05, 4.69) is 15.6 Å². The SMILES string of the molecule is Cc1ccccc1CNC(=O)Nc1cccnc1C(=O)O. The number of benzene rings is 1. The second kappa shape index (κ2) is 6.51. The van der Waals surface area contributed by atoms with Gasteiger partial charge >= 0.3 is 12.0 Å². The molecule has 1 heterocycles. The fraction of sp³-hybridized carbons (Fsp3) is 0.133. The molecular weight excluding hydrogens is 270 g/mol. The molecule has 1 aromatic heterocycles. The van der Waals surface area contributed by atoms with Crippen LogP contribution in [0.5, 0.6) is 0 Å². The van der Waals surface area contributed by atoms with Gasteiger partial charge in [-0.15, -0.1) is 0 Å². The molecule has 0 aliphatic carbocycles. The average Bonchev–Trinajstić information content (AvgIpc) is 2.47. The zero-order chi connectivity index (χ0) is 15.2. The highest BCUT2D eigenvalue weighted by atomic mass is 16.4. The molecule has 0 fully saturated rings. The number of nitrogens with one attached hydrogen (secondary N) is 2. The molecule has 108 valence electrons. The Bertz CT molecular complexity index is 671. The molecule has 6 nitrogen and oxygen atoms in total. The number of carboxylic acids is 1. The molecule has 3 N–H and O–H groups in total. The summed E-state index contributed by atoms with van der Waals surface area (Å²) in [7, 11) is 0. The molecule has 2 aromatic rings. The molecule has 6 heteroatoms. The standard InChI is InChI=1S/C15H15N3O3/c1-10-5-2-3-6-11(10)9-17-15(21)18-12-7-4-8-16-13(12)14(19)20/h2-8H,9H2,1H3,(H,19,20)(H2,17,18,21). The van der Waals surface area contributed by atoms with Gasteiger partial charge in [-0.1, -0.05) is 24.3 Å². The molecule has 0 atom stereocenters. The number of aromatic carboxylic acids is 1. The summed E-state index contributed by atoms with van der Waals surface area (Å²) in [5.41, 5.74) is 2.04. The van der Waals surface area contributed by atoms with E-state index >= 15 is 0 Å². The van der Waals surface area contributed by atoms with Gasteiger partial charge in [-0.2, -0.15) is 0 Å². The Morgan fingerprint density at radius 2 is 1.95 bits per heavy atom. The molecular formula is C15H15N3O3. The minimum absolute atomic E-state index is 0.160. The van der Waals surface area contributed by atoms with Crippen LogP contribution in [-0.2, 0) is 6.54 Å². The molecule has 2 amide bonds. The van der Waals surface area contributed by atoms with Crippen LogP contribution in [0.2, 0.25) is 0 Å². The zero-order valence-electron chi connectivity index (χ0n) is 11.5. The van der Waals surface area contributed by atoms with Crippen LogP contribution in [0.3, 0.4) is 0 Å². The van der Waals surface area contributed by atoms with E-state index in [9.17, 15) is 9.59 Å². The molecule has 0 saturated carbocycles. The van der Waals surface area contributed by atoms with E-state index in [-0.39, 0.29) is 11.4 Å². The first kappa shape index (κ1) is 14.5. The van der Waals surface area contributed by atoms with Gasteiger partial charge in [0.1, 0.15) is 0 Å². The fourth-order valence-electron chi connectivity index (χ4n) is 1.83. The smallest absolute Gasteiger partial charge is 0.356 e. The van der Waals surface area contributed by atoms with Crippen molar-refractivity contribution in [1.29, 1.82) is 0 Å². The van der Waals surface area contributed by atoms with Crippen molar-refractivity contribution >= 4 is 17.7 Å². The number of aromatic nitrogens is 1. The van der Waals surface area contributed by atoms with Crippen LogP contribution in [0.15, 0.2) is 42.6 Å². The Hall–Kier alpha value is -2.89. The van der Waals surface area contributed by atoms with Crippen LogP contribution in [0, 0.1) is 6.92 Å². The van der Waals surface area contributed by atoms with Gasteiger partial charge in [0.2, 0.25) is 0 Å². The van der Waals surface area contributed by atoms with E-state index in [1.807, 2.05) is 31.2 Å². The number of hydrogen-bond donors (Lipinski definition) is 3. The first-order valence-corrected chi connectivity index (χ1v) is 6.35. The molecule has 21 heavy (non-hydrogen) atoms. The monoisotopic (exact) mass is 285 g/mol. The molecule has 0 aliphatic heterocycles. The molecule has 0 saturated heterocycles. The summed E-state index contributed by atoms with van der Waals surface area (Å²) in [5, 5.41) is 14.2. The number of urea groups is 1. The summed E-state index contributed by atoms with van der Waals surface area (Å²) in [6.07, 6.45) is 1.36. The van der Waals surface area contributed by atoms with Crippen LogP contribution < -0.4 is 10.6 Å². The van der Waals surface area contributed by atoms with Gasteiger partial charge < -0.3 is 15.7 Å². The minimum atomic E-state index is -1.19. The number of rotatable bonds is 4. The maximum atomic E-state index is 11.8. The summed E-state index contributed by atoms with van der Waals surface area (Å²) in [6.45, 7) is 2.32. The minimum Gasteiger partial charge on any atom is -0.476 e. The second-order valence-electron chi connectivity index (χ2n) is 4.44. The van der Waals surface area contributed by atoms with Crippen molar-refractivity contribution < 1.29 is 14.7 Å². The number of aryl methyl sites for hydroxylation is 1. The lowest BCUT2D eigenvalue weighted by Gasteiger charge is -2.10. The highest BCUT2D eigenvalue weighted by Crippen LogP contribution is 2.12. The molecule has 0 spiro atoms. The zero-order valence-corrected chi connectivity index (χ0v) is 11.5. The number of hydrogen-bond acceptors (Lipinski definition) is 3. The van der Waals surface area contributed by atoms with E-state index in [1.165, 1.54) is 12.3 Å². The predicted molar refractivity (Wildman–Crippen MR) is 78.2 cm³/mol.